The molecule has 7 nitrogen and oxygen atoms in total. The molecule has 0 aliphatic rings. The molecular formula is C25H17Cl2N3O4. The van der Waals surface area contributed by atoms with Crippen molar-refractivity contribution in [3.63, 3.8) is 0 Å². The molecule has 0 bridgehead atoms. The van der Waals surface area contributed by atoms with Crippen LogP contribution < -0.4 is 15.2 Å². The highest BCUT2D eigenvalue weighted by atomic mass is 35.5. The first-order chi connectivity index (χ1) is 16.4. The number of nitrogens with zero attached hydrogens (tertiary/aromatic N) is 3. The Kier molecular flexibility index (Phi) is 6.73. The predicted octanol–water partition coefficient (Wildman–Crippen LogP) is 5.68. The highest BCUT2D eigenvalue weighted by Crippen LogP contribution is 2.35. The number of rotatable bonds is 7. The van der Waals surface area contributed by atoms with Crippen molar-refractivity contribution in [2.45, 2.75) is 6.54 Å². The summed E-state index contributed by atoms with van der Waals surface area (Å²) >= 11 is 12.2. The van der Waals surface area contributed by atoms with Crippen molar-refractivity contribution in [3.8, 4) is 23.3 Å². The third-order valence-corrected chi connectivity index (χ3v) is 5.39. The molecule has 9 heteroatoms. The largest absolute Gasteiger partial charge is 0.488 e. The van der Waals surface area contributed by atoms with Crippen molar-refractivity contribution >= 4 is 40.1 Å². The van der Waals surface area contributed by atoms with Crippen LogP contribution in [0.15, 0.2) is 78.1 Å². The predicted molar refractivity (Wildman–Crippen MR) is 130 cm³/mol. The molecule has 0 amide bonds. The van der Waals surface area contributed by atoms with E-state index in [4.69, 9.17) is 37.9 Å². The molecule has 1 aromatic heterocycles. The van der Waals surface area contributed by atoms with Crippen molar-refractivity contribution in [2.24, 2.45) is 0 Å². The van der Waals surface area contributed by atoms with E-state index < -0.39 is 11.6 Å². The number of carbonyl (C=O) groups excluding carboxylic acids is 1. The van der Waals surface area contributed by atoms with Crippen molar-refractivity contribution in [1.82, 2.24) is 9.13 Å². The van der Waals surface area contributed by atoms with Gasteiger partial charge in [-0.05, 0) is 48.5 Å². The Hall–Kier alpha value is -3.99. The lowest BCUT2D eigenvalue weighted by Crippen LogP contribution is -2.29. The second-order valence-electron chi connectivity index (χ2n) is 7.13. The van der Waals surface area contributed by atoms with Gasteiger partial charge in [-0.2, -0.15) is 5.26 Å². The molecule has 0 aliphatic carbocycles. The first kappa shape index (κ1) is 23.2. The van der Waals surface area contributed by atoms with Gasteiger partial charge in [0, 0.05) is 16.1 Å². The van der Waals surface area contributed by atoms with Gasteiger partial charge < -0.3 is 9.47 Å². The molecule has 0 N–H and O–H groups in total. The van der Waals surface area contributed by atoms with Crippen LogP contribution in [0.5, 0.6) is 17.2 Å². The van der Waals surface area contributed by atoms with E-state index in [0.717, 1.165) is 10.6 Å². The number of benzene rings is 3. The number of fused-ring (bicyclic) bond motifs is 1. The lowest BCUT2D eigenvalue weighted by Gasteiger charge is -2.14. The van der Waals surface area contributed by atoms with Crippen molar-refractivity contribution in [1.29, 1.82) is 5.26 Å². The Morgan fingerprint density at radius 1 is 1.03 bits per heavy atom. The van der Waals surface area contributed by atoms with E-state index in [-0.39, 0.29) is 13.2 Å². The van der Waals surface area contributed by atoms with Gasteiger partial charge in [-0.3, -0.25) is 9.36 Å². The van der Waals surface area contributed by atoms with Crippen molar-refractivity contribution in [2.75, 3.05) is 6.61 Å². The standard InChI is InChI=1S/C25H17Cl2N3O4/c1-2-24(31)30-21-6-4-3-5-20(21)29(25(30)32)9-10-33-23-14-17(26)7-8-22(23)34-19-12-16(15-28)11-18(27)13-19/h2-8,11-14H,1,9-10H2. The average molecular weight is 494 g/mol. The van der Waals surface area contributed by atoms with Gasteiger partial charge in [-0.25, -0.2) is 9.36 Å². The summed E-state index contributed by atoms with van der Waals surface area (Å²) in [6.45, 7) is 3.72. The van der Waals surface area contributed by atoms with Crippen LogP contribution >= 0.6 is 23.2 Å². The summed E-state index contributed by atoms with van der Waals surface area (Å²) in [4.78, 5) is 25.1. The summed E-state index contributed by atoms with van der Waals surface area (Å²) < 4.78 is 14.3. The van der Waals surface area contributed by atoms with Crippen molar-refractivity contribution < 1.29 is 14.3 Å². The summed E-state index contributed by atoms with van der Waals surface area (Å²) in [7, 11) is 0. The first-order valence-corrected chi connectivity index (χ1v) is 10.8. The lowest BCUT2D eigenvalue weighted by atomic mass is 10.2. The molecular weight excluding hydrogens is 477 g/mol. The van der Waals surface area contributed by atoms with Crippen molar-refractivity contribution in [3.05, 3.63) is 99.4 Å². The molecule has 0 fully saturated rings. The van der Waals surface area contributed by atoms with Crippen LogP contribution in [-0.4, -0.2) is 21.6 Å². The van der Waals surface area contributed by atoms with Crippen LogP contribution in [0, 0.1) is 11.3 Å². The maximum atomic E-state index is 12.9. The molecule has 4 aromatic rings. The van der Waals surface area contributed by atoms with Crippen LogP contribution in [0.1, 0.15) is 10.4 Å². The highest BCUT2D eigenvalue weighted by Gasteiger charge is 2.17. The van der Waals surface area contributed by atoms with Gasteiger partial charge in [0.25, 0.3) is 5.91 Å². The first-order valence-electron chi connectivity index (χ1n) is 10.1. The number of nitriles is 1. The van der Waals surface area contributed by atoms with E-state index in [9.17, 15) is 9.59 Å². The number of hydrogen-bond acceptors (Lipinski definition) is 5. The molecule has 4 rings (SSSR count). The zero-order valence-corrected chi connectivity index (χ0v) is 19.2. The summed E-state index contributed by atoms with van der Waals surface area (Å²) in [5.74, 6) is 0.542. The molecule has 1 heterocycles. The Labute approximate surface area is 204 Å². The van der Waals surface area contributed by atoms with Gasteiger partial charge in [0.1, 0.15) is 12.4 Å². The summed E-state index contributed by atoms with van der Waals surface area (Å²) in [5, 5.41) is 9.94. The topological polar surface area (TPSA) is 86.2 Å². The van der Waals surface area contributed by atoms with E-state index in [1.165, 1.54) is 10.6 Å². The quantitative estimate of drug-likeness (QED) is 0.309. The van der Waals surface area contributed by atoms with Crippen LogP contribution in [0.3, 0.4) is 0 Å². The van der Waals surface area contributed by atoms with Crippen LogP contribution in [0.4, 0.5) is 0 Å². The molecule has 170 valence electrons. The van der Waals surface area contributed by atoms with E-state index in [1.54, 1.807) is 54.6 Å². The van der Waals surface area contributed by atoms with Gasteiger partial charge in [-0.15, -0.1) is 0 Å². The lowest BCUT2D eigenvalue weighted by molar-refractivity contribution is 0.0969. The monoisotopic (exact) mass is 493 g/mol. The van der Waals surface area contributed by atoms with E-state index in [1.807, 2.05) is 6.07 Å². The van der Waals surface area contributed by atoms with Crippen LogP contribution in [0.2, 0.25) is 10.0 Å². The van der Waals surface area contributed by atoms with Gasteiger partial charge in [0.2, 0.25) is 0 Å². The van der Waals surface area contributed by atoms with E-state index in [2.05, 4.69) is 6.58 Å². The maximum absolute atomic E-state index is 12.9. The third kappa shape index (κ3) is 4.69. The fourth-order valence-corrected chi connectivity index (χ4v) is 3.85. The minimum atomic E-state index is -0.510. The van der Waals surface area contributed by atoms with Gasteiger partial charge >= 0.3 is 5.69 Å². The summed E-state index contributed by atoms with van der Waals surface area (Å²) in [5.41, 5.74) is 0.944. The zero-order valence-electron chi connectivity index (χ0n) is 17.7. The Balaban J connectivity index is 1.59. The second-order valence-corrected chi connectivity index (χ2v) is 8.00. The normalized spacial score (nSPS) is 10.6. The molecule has 0 radical (unpaired) electrons. The fraction of sp³-hybridized carbons (Fsp3) is 0.0800. The smallest absolute Gasteiger partial charge is 0.336 e. The molecule has 0 aliphatic heterocycles. The Morgan fingerprint density at radius 3 is 2.53 bits per heavy atom. The highest BCUT2D eigenvalue weighted by molar-refractivity contribution is 6.31. The SMILES string of the molecule is C=CC(=O)n1c(=O)n(CCOc2cc(Cl)ccc2Oc2cc(Cl)cc(C#N)c2)c2ccccc21. The minimum Gasteiger partial charge on any atom is -0.488 e. The zero-order chi connectivity index (χ0) is 24.2. The number of hydrogen-bond donors (Lipinski definition) is 0. The summed E-state index contributed by atoms with van der Waals surface area (Å²) in [6, 6.07) is 18.5. The van der Waals surface area contributed by atoms with Gasteiger partial charge in [-0.1, -0.05) is 41.9 Å². The number of aromatic nitrogens is 2. The number of halogens is 2. The van der Waals surface area contributed by atoms with E-state index in [0.29, 0.717) is 43.9 Å². The minimum absolute atomic E-state index is 0.0892. The molecule has 3 aromatic carbocycles. The number of ether oxygens (including phenoxy) is 2. The van der Waals surface area contributed by atoms with Gasteiger partial charge in [0.05, 0.1) is 29.2 Å². The van der Waals surface area contributed by atoms with Crippen LogP contribution in [-0.2, 0) is 6.54 Å². The molecule has 0 spiro atoms. The van der Waals surface area contributed by atoms with E-state index >= 15 is 0 Å². The number of para-hydroxylation sites is 2. The number of allylic oxidation sites excluding steroid dienone is 1. The Morgan fingerprint density at radius 2 is 1.79 bits per heavy atom. The molecule has 0 saturated carbocycles. The van der Waals surface area contributed by atoms with Gasteiger partial charge in [0.15, 0.2) is 11.5 Å². The van der Waals surface area contributed by atoms with Crippen LogP contribution in [0.25, 0.3) is 11.0 Å². The number of carbonyl (C=O) groups is 1. The average Bonchev–Trinajstić information content (AvgIpc) is 3.11. The number of imidazole rings is 1. The molecule has 0 atom stereocenters. The fourth-order valence-electron chi connectivity index (χ4n) is 3.47. The second kappa shape index (κ2) is 9.87. The molecule has 0 unspecified atom stereocenters. The summed E-state index contributed by atoms with van der Waals surface area (Å²) in [6.07, 6.45) is 1.10. The maximum Gasteiger partial charge on any atom is 0.336 e. The third-order valence-electron chi connectivity index (χ3n) is 4.94. The molecule has 34 heavy (non-hydrogen) atoms. The Bertz CT molecular complexity index is 1520. The molecule has 0 saturated heterocycles.